The molecular weight excluding hydrogens is 340 g/mol. The van der Waals surface area contributed by atoms with Gasteiger partial charge < -0.3 is 10.1 Å². The average molecular weight is 364 g/mol. The minimum absolute atomic E-state index is 0.0738. The van der Waals surface area contributed by atoms with Gasteiger partial charge >= 0.3 is 0 Å². The van der Waals surface area contributed by atoms with Crippen LogP contribution in [0.15, 0.2) is 30.3 Å². The average Bonchev–Trinajstić information content (AvgIpc) is 3.48. The summed E-state index contributed by atoms with van der Waals surface area (Å²) in [7, 11) is 3.54. The number of methoxy groups -OCH3 is 1. The lowest BCUT2D eigenvalue weighted by Crippen LogP contribution is -2.26. The maximum absolute atomic E-state index is 13.0. The van der Waals surface area contributed by atoms with Gasteiger partial charge in [-0.25, -0.2) is 4.98 Å². The summed E-state index contributed by atoms with van der Waals surface area (Å²) >= 11 is 0. The molecule has 0 unspecified atom stereocenters. The monoisotopic (exact) mass is 364 g/mol. The van der Waals surface area contributed by atoms with Crippen LogP contribution in [0.2, 0.25) is 0 Å². The Labute approximate surface area is 158 Å². The van der Waals surface area contributed by atoms with E-state index in [0.717, 1.165) is 46.6 Å². The number of pyridine rings is 1. The van der Waals surface area contributed by atoms with E-state index in [1.807, 2.05) is 44.3 Å². The maximum Gasteiger partial charge on any atom is 0.252 e. The maximum atomic E-state index is 13.0. The highest BCUT2D eigenvalue weighted by atomic mass is 16.5. The standard InChI is InChI=1S/C21H24N4O2/c1-13-19-16(12-17(14-8-9-14)23-20(19)25(2)24-13)21(26)22-11-10-15-6-4-5-7-18(15)27-3/h4-7,12,14H,8-11H2,1-3H3,(H,22,26). The van der Waals surface area contributed by atoms with Gasteiger partial charge in [0.05, 0.1) is 23.8 Å². The van der Waals surface area contributed by atoms with E-state index < -0.39 is 0 Å². The van der Waals surface area contributed by atoms with Crippen LogP contribution in [0.5, 0.6) is 5.75 Å². The second-order valence-electron chi connectivity index (χ2n) is 7.09. The predicted molar refractivity (Wildman–Crippen MR) is 104 cm³/mol. The third-order valence-corrected chi connectivity index (χ3v) is 5.10. The Morgan fingerprint density at radius 3 is 2.85 bits per heavy atom. The number of fused-ring (bicyclic) bond motifs is 1. The van der Waals surface area contributed by atoms with Crippen molar-refractivity contribution in [3.8, 4) is 5.75 Å². The lowest BCUT2D eigenvalue weighted by Gasteiger charge is -2.11. The molecule has 0 bridgehead atoms. The largest absolute Gasteiger partial charge is 0.496 e. The van der Waals surface area contributed by atoms with Gasteiger partial charge in [0.15, 0.2) is 5.65 Å². The molecule has 27 heavy (non-hydrogen) atoms. The Bertz CT molecular complexity index is 1000. The lowest BCUT2D eigenvalue weighted by molar-refractivity contribution is 0.0955. The fraction of sp³-hybridized carbons (Fsp3) is 0.381. The molecule has 2 aromatic heterocycles. The van der Waals surface area contributed by atoms with E-state index in [9.17, 15) is 4.79 Å². The van der Waals surface area contributed by atoms with E-state index in [-0.39, 0.29) is 5.91 Å². The number of hydrogen-bond donors (Lipinski definition) is 1. The molecule has 1 aliphatic carbocycles. The molecule has 6 heteroatoms. The van der Waals surface area contributed by atoms with Crippen LogP contribution in [-0.4, -0.2) is 34.3 Å². The molecule has 1 aromatic carbocycles. The topological polar surface area (TPSA) is 69.0 Å². The molecular formula is C21H24N4O2. The highest BCUT2D eigenvalue weighted by Gasteiger charge is 2.28. The first kappa shape index (κ1) is 17.5. The zero-order chi connectivity index (χ0) is 19.0. The van der Waals surface area contributed by atoms with E-state index >= 15 is 0 Å². The molecule has 140 valence electrons. The highest BCUT2D eigenvalue weighted by molar-refractivity contribution is 6.06. The number of carbonyl (C=O) groups is 1. The van der Waals surface area contributed by atoms with Crippen molar-refractivity contribution in [3.05, 3.63) is 52.8 Å². The molecule has 6 nitrogen and oxygen atoms in total. The molecule has 1 fully saturated rings. The third kappa shape index (κ3) is 3.39. The van der Waals surface area contributed by atoms with Crippen molar-refractivity contribution in [2.24, 2.45) is 7.05 Å². The van der Waals surface area contributed by atoms with Gasteiger partial charge in [0, 0.05) is 25.2 Å². The van der Waals surface area contributed by atoms with Crippen LogP contribution in [0, 0.1) is 6.92 Å². The van der Waals surface area contributed by atoms with Gasteiger partial charge in [0.1, 0.15) is 5.75 Å². The van der Waals surface area contributed by atoms with Gasteiger partial charge in [-0.05, 0) is 43.9 Å². The van der Waals surface area contributed by atoms with Gasteiger partial charge in [0.2, 0.25) is 0 Å². The van der Waals surface area contributed by atoms with Gasteiger partial charge in [-0.2, -0.15) is 5.10 Å². The smallest absolute Gasteiger partial charge is 0.252 e. The molecule has 2 heterocycles. The minimum atomic E-state index is -0.0738. The van der Waals surface area contributed by atoms with Crippen LogP contribution in [0.1, 0.15) is 46.1 Å². The van der Waals surface area contributed by atoms with E-state index in [2.05, 4.69) is 10.4 Å². The number of ether oxygens (including phenoxy) is 1. The summed E-state index contributed by atoms with van der Waals surface area (Å²) in [5, 5.41) is 8.36. The number of para-hydroxylation sites is 1. The third-order valence-electron chi connectivity index (χ3n) is 5.10. The molecule has 1 N–H and O–H groups in total. The summed E-state index contributed by atoms with van der Waals surface area (Å²) in [5.41, 5.74) is 4.37. The number of rotatable bonds is 6. The van der Waals surface area contributed by atoms with Crippen molar-refractivity contribution in [3.63, 3.8) is 0 Å². The minimum Gasteiger partial charge on any atom is -0.496 e. The number of benzene rings is 1. The summed E-state index contributed by atoms with van der Waals surface area (Å²) in [6.45, 7) is 2.47. The quantitative estimate of drug-likeness (QED) is 0.730. The highest BCUT2D eigenvalue weighted by Crippen LogP contribution is 2.40. The molecule has 0 radical (unpaired) electrons. The predicted octanol–water partition coefficient (Wildman–Crippen LogP) is 3.14. The number of aryl methyl sites for hydroxylation is 2. The van der Waals surface area contributed by atoms with Crippen LogP contribution >= 0.6 is 0 Å². The summed E-state index contributed by atoms with van der Waals surface area (Å²) < 4.78 is 7.15. The zero-order valence-electron chi connectivity index (χ0n) is 16.0. The molecule has 0 spiro atoms. The molecule has 1 saturated carbocycles. The van der Waals surface area contributed by atoms with Gasteiger partial charge in [-0.3, -0.25) is 9.48 Å². The Hall–Kier alpha value is -2.89. The van der Waals surface area contributed by atoms with Crippen molar-refractivity contribution < 1.29 is 9.53 Å². The fourth-order valence-corrected chi connectivity index (χ4v) is 3.55. The molecule has 3 aromatic rings. The first-order chi connectivity index (χ1) is 13.1. The molecule has 0 saturated heterocycles. The van der Waals surface area contributed by atoms with Crippen LogP contribution in [-0.2, 0) is 13.5 Å². The molecule has 4 rings (SSSR count). The summed E-state index contributed by atoms with van der Waals surface area (Å²) in [6.07, 6.45) is 3.00. The Morgan fingerprint density at radius 1 is 1.33 bits per heavy atom. The van der Waals surface area contributed by atoms with Gasteiger partial charge in [-0.1, -0.05) is 18.2 Å². The number of nitrogens with one attached hydrogen (secondary N) is 1. The Morgan fingerprint density at radius 2 is 2.11 bits per heavy atom. The van der Waals surface area contributed by atoms with Crippen LogP contribution in [0.4, 0.5) is 0 Å². The number of aromatic nitrogens is 3. The van der Waals surface area contributed by atoms with Crippen LogP contribution in [0.25, 0.3) is 11.0 Å². The van der Waals surface area contributed by atoms with Crippen molar-refractivity contribution in [1.82, 2.24) is 20.1 Å². The van der Waals surface area contributed by atoms with Gasteiger partial charge in [0.25, 0.3) is 5.91 Å². The second kappa shape index (κ2) is 7.02. The summed E-state index contributed by atoms with van der Waals surface area (Å²) in [4.78, 5) is 17.7. The molecule has 1 aliphatic rings. The van der Waals surface area contributed by atoms with E-state index in [1.165, 1.54) is 0 Å². The number of amides is 1. The number of nitrogens with zero attached hydrogens (tertiary/aromatic N) is 3. The van der Waals surface area contributed by atoms with Gasteiger partial charge in [-0.15, -0.1) is 0 Å². The number of hydrogen-bond acceptors (Lipinski definition) is 4. The number of carbonyl (C=O) groups excluding carboxylic acids is 1. The summed E-state index contributed by atoms with van der Waals surface area (Å²) in [6, 6.07) is 9.83. The van der Waals surface area contributed by atoms with Crippen molar-refractivity contribution in [2.75, 3.05) is 13.7 Å². The Kier molecular flexibility index (Phi) is 4.56. The normalized spacial score (nSPS) is 13.7. The summed E-state index contributed by atoms with van der Waals surface area (Å²) in [5.74, 6) is 1.25. The first-order valence-electron chi connectivity index (χ1n) is 9.33. The van der Waals surface area contributed by atoms with Crippen molar-refractivity contribution in [1.29, 1.82) is 0 Å². The first-order valence-corrected chi connectivity index (χ1v) is 9.33. The zero-order valence-corrected chi connectivity index (χ0v) is 16.0. The van der Waals surface area contributed by atoms with E-state index in [0.29, 0.717) is 24.4 Å². The second-order valence-corrected chi connectivity index (χ2v) is 7.09. The van der Waals surface area contributed by atoms with Crippen molar-refractivity contribution >= 4 is 16.9 Å². The molecule has 1 amide bonds. The van der Waals surface area contributed by atoms with E-state index in [4.69, 9.17) is 9.72 Å². The molecule has 0 atom stereocenters. The Balaban J connectivity index is 1.57. The lowest BCUT2D eigenvalue weighted by atomic mass is 10.1. The molecule has 0 aliphatic heterocycles. The fourth-order valence-electron chi connectivity index (χ4n) is 3.55. The van der Waals surface area contributed by atoms with Crippen LogP contribution < -0.4 is 10.1 Å². The van der Waals surface area contributed by atoms with E-state index in [1.54, 1.807) is 11.8 Å². The van der Waals surface area contributed by atoms with Crippen LogP contribution in [0.3, 0.4) is 0 Å². The SMILES string of the molecule is COc1ccccc1CCNC(=O)c1cc(C2CC2)nc2c1c(C)nn2C. The van der Waals surface area contributed by atoms with Crippen molar-refractivity contribution in [2.45, 2.75) is 32.1 Å².